The van der Waals surface area contributed by atoms with E-state index in [0.29, 0.717) is 36.0 Å². The van der Waals surface area contributed by atoms with Gasteiger partial charge in [0.1, 0.15) is 0 Å². The number of hydrogen-bond acceptors (Lipinski definition) is 3. The van der Waals surface area contributed by atoms with Gasteiger partial charge in [-0.15, -0.1) is 0 Å². The van der Waals surface area contributed by atoms with E-state index in [0.717, 1.165) is 24.0 Å². The third-order valence-electron chi connectivity index (χ3n) is 4.83. The number of nitrogens with zero attached hydrogens (tertiary/aromatic N) is 2. The van der Waals surface area contributed by atoms with Gasteiger partial charge in [-0.1, -0.05) is 35.3 Å². The summed E-state index contributed by atoms with van der Waals surface area (Å²) in [5.74, 6) is 0.0490. The van der Waals surface area contributed by atoms with E-state index >= 15 is 0 Å². The highest BCUT2D eigenvalue weighted by Gasteiger charge is 2.29. The second-order valence-corrected chi connectivity index (χ2v) is 7.64. The second-order valence-electron chi connectivity index (χ2n) is 6.80. The van der Waals surface area contributed by atoms with Crippen LogP contribution in [0.2, 0.25) is 10.0 Å². The molecule has 1 N–H and O–H groups in total. The molecule has 1 saturated carbocycles. The highest BCUT2D eigenvalue weighted by Crippen LogP contribution is 2.28. The molecule has 1 aromatic carbocycles. The molecule has 0 radical (unpaired) electrons. The van der Waals surface area contributed by atoms with Gasteiger partial charge in [-0.2, -0.15) is 0 Å². The average molecular weight is 393 g/mol. The van der Waals surface area contributed by atoms with E-state index in [4.69, 9.17) is 23.2 Å². The molecule has 4 nitrogen and oxygen atoms in total. The molecule has 0 unspecified atom stereocenters. The van der Waals surface area contributed by atoms with Crippen molar-refractivity contribution in [3.8, 4) is 0 Å². The van der Waals surface area contributed by atoms with Gasteiger partial charge in [0, 0.05) is 41.4 Å². The van der Waals surface area contributed by atoms with E-state index in [1.807, 2.05) is 23.1 Å². The number of rotatable bonds is 5. The van der Waals surface area contributed by atoms with Gasteiger partial charge in [-0.3, -0.25) is 9.78 Å². The van der Waals surface area contributed by atoms with Crippen molar-refractivity contribution in [1.29, 1.82) is 0 Å². The largest absolute Gasteiger partial charge is 0.393 e. The Morgan fingerprint density at radius 2 is 1.92 bits per heavy atom. The molecular formula is C20H22Cl2N2O2. The van der Waals surface area contributed by atoms with Gasteiger partial charge in [-0.05, 0) is 55.0 Å². The lowest BCUT2D eigenvalue weighted by Gasteiger charge is -2.31. The SMILES string of the molecule is O=C(C1CCC(O)CC1)N(Cc1cccnc1)Cc1ccc(Cl)cc1Cl. The van der Waals surface area contributed by atoms with Crippen LogP contribution in [0.5, 0.6) is 0 Å². The average Bonchev–Trinajstić information content (AvgIpc) is 2.64. The smallest absolute Gasteiger partial charge is 0.226 e. The monoisotopic (exact) mass is 392 g/mol. The maximum absolute atomic E-state index is 13.1. The Balaban J connectivity index is 1.80. The molecule has 1 aliphatic rings. The molecule has 1 heterocycles. The number of carbonyl (C=O) groups is 1. The molecule has 26 heavy (non-hydrogen) atoms. The summed E-state index contributed by atoms with van der Waals surface area (Å²) in [7, 11) is 0. The summed E-state index contributed by atoms with van der Waals surface area (Å²) in [5.41, 5.74) is 1.84. The van der Waals surface area contributed by atoms with Gasteiger partial charge in [0.15, 0.2) is 0 Å². The molecule has 0 atom stereocenters. The van der Waals surface area contributed by atoms with Crippen LogP contribution in [0.4, 0.5) is 0 Å². The Bertz CT molecular complexity index is 747. The van der Waals surface area contributed by atoms with Crippen molar-refractivity contribution in [2.75, 3.05) is 0 Å². The molecule has 0 spiro atoms. The summed E-state index contributed by atoms with van der Waals surface area (Å²) >= 11 is 12.3. The molecule has 138 valence electrons. The van der Waals surface area contributed by atoms with Crippen LogP contribution in [0, 0.1) is 5.92 Å². The van der Waals surface area contributed by atoms with Crippen LogP contribution in [0.1, 0.15) is 36.8 Å². The number of pyridine rings is 1. The first-order valence-electron chi connectivity index (χ1n) is 8.82. The van der Waals surface area contributed by atoms with Crippen molar-refractivity contribution < 1.29 is 9.90 Å². The van der Waals surface area contributed by atoms with E-state index in [-0.39, 0.29) is 17.9 Å². The lowest BCUT2D eigenvalue weighted by atomic mass is 9.86. The Morgan fingerprint density at radius 3 is 2.58 bits per heavy atom. The fraction of sp³-hybridized carbons (Fsp3) is 0.400. The van der Waals surface area contributed by atoms with Crippen molar-refractivity contribution in [2.24, 2.45) is 5.92 Å². The first-order chi connectivity index (χ1) is 12.5. The number of halogens is 2. The minimum absolute atomic E-state index is 0.0545. The minimum Gasteiger partial charge on any atom is -0.393 e. The van der Waals surface area contributed by atoms with E-state index in [1.54, 1.807) is 24.5 Å². The number of aliphatic hydroxyl groups is 1. The number of carbonyl (C=O) groups excluding carboxylic acids is 1. The third kappa shape index (κ3) is 4.97. The minimum atomic E-state index is -0.281. The molecule has 1 aliphatic carbocycles. The van der Waals surface area contributed by atoms with Crippen molar-refractivity contribution in [2.45, 2.75) is 44.9 Å². The topological polar surface area (TPSA) is 53.4 Å². The normalized spacial score (nSPS) is 20.0. The predicted octanol–water partition coefficient (Wildman–Crippen LogP) is 4.47. The number of amides is 1. The number of benzene rings is 1. The highest BCUT2D eigenvalue weighted by molar-refractivity contribution is 6.35. The molecule has 1 fully saturated rings. The molecular weight excluding hydrogens is 371 g/mol. The van der Waals surface area contributed by atoms with Crippen molar-refractivity contribution in [3.05, 3.63) is 63.9 Å². The summed E-state index contributed by atoms with van der Waals surface area (Å²) in [4.78, 5) is 19.1. The first-order valence-corrected chi connectivity index (χ1v) is 9.58. The molecule has 6 heteroatoms. The fourth-order valence-corrected chi connectivity index (χ4v) is 3.83. The molecule has 3 rings (SSSR count). The highest BCUT2D eigenvalue weighted by atomic mass is 35.5. The number of aliphatic hydroxyl groups excluding tert-OH is 1. The van der Waals surface area contributed by atoms with Crippen molar-refractivity contribution >= 4 is 29.1 Å². The Labute approximate surface area is 163 Å². The Kier molecular flexibility index (Phi) is 6.52. The Hall–Kier alpha value is -1.62. The van der Waals surface area contributed by atoms with Gasteiger partial charge >= 0.3 is 0 Å². The summed E-state index contributed by atoms with van der Waals surface area (Å²) < 4.78 is 0. The lowest BCUT2D eigenvalue weighted by Crippen LogP contribution is -2.37. The Morgan fingerprint density at radius 1 is 1.15 bits per heavy atom. The summed E-state index contributed by atoms with van der Waals surface area (Å²) in [6.45, 7) is 0.896. The molecule has 0 saturated heterocycles. The quantitative estimate of drug-likeness (QED) is 0.816. The van der Waals surface area contributed by atoms with Crippen LogP contribution in [-0.4, -0.2) is 27.0 Å². The van der Waals surface area contributed by atoms with E-state index in [2.05, 4.69) is 4.98 Å². The molecule has 1 amide bonds. The van der Waals surface area contributed by atoms with Gasteiger partial charge < -0.3 is 10.0 Å². The van der Waals surface area contributed by atoms with Crippen LogP contribution in [0.15, 0.2) is 42.7 Å². The van der Waals surface area contributed by atoms with Crippen molar-refractivity contribution in [3.63, 3.8) is 0 Å². The van der Waals surface area contributed by atoms with Crippen LogP contribution < -0.4 is 0 Å². The van der Waals surface area contributed by atoms with Crippen LogP contribution in [0.25, 0.3) is 0 Å². The summed E-state index contributed by atoms with van der Waals surface area (Å²) in [5, 5.41) is 10.8. The van der Waals surface area contributed by atoms with Gasteiger partial charge in [0.25, 0.3) is 0 Å². The van der Waals surface area contributed by atoms with Gasteiger partial charge in [-0.25, -0.2) is 0 Å². The van der Waals surface area contributed by atoms with Gasteiger partial charge in [0.05, 0.1) is 6.10 Å². The second kappa shape index (κ2) is 8.85. The maximum atomic E-state index is 13.1. The molecule has 0 aliphatic heterocycles. The fourth-order valence-electron chi connectivity index (χ4n) is 3.36. The zero-order chi connectivity index (χ0) is 18.5. The van der Waals surface area contributed by atoms with E-state index < -0.39 is 0 Å². The lowest BCUT2D eigenvalue weighted by molar-refractivity contribution is -0.138. The third-order valence-corrected chi connectivity index (χ3v) is 5.42. The predicted molar refractivity (Wildman–Crippen MR) is 103 cm³/mol. The van der Waals surface area contributed by atoms with Crippen LogP contribution in [0.3, 0.4) is 0 Å². The van der Waals surface area contributed by atoms with Gasteiger partial charge in [0.2, 0.25) is 5.91 Å². The molecule has 2 aromatic rings. The summed E-state index contributed by atoms with van der Waals surface area (Å²) in [6, 6.07) is 9.17. The van der Waals surface area contributed by atoms with E-state index in [9.17, 15) is 9.90 Å². The summed E-state index contributed by atoms with van der Waals surface area (Å²) in [6.07, 6.45) is 6.01. The molecule has 0 bridgehead atoms. The standard InChI is InChI=1S/C20H22Cl2N2O2/c21-17-6-3-16(19(22)10-17)13-24(12-14-2-1-9-23-11-14)20(26)15-4-7-18(25)8-5-15/h1-3,6,9-11,15,18,25H,4-5,7-8,12-13H2. The first kappa shape index (κ1) is 19.2. The van der Waals surface area contributed by atoms with Crippen molar-refractivity contribution in [1.82, 2.24) is 9.88 Å². The van der Waals surface area contributed by atoms with Crippen LogP contribution >= 0.6 is 23.2 Å². The number of aromatic nitrogens is 1. The number of hydrogen-bond donors (Lipinski definition) is 1. The zero-order valence-corrected chi connectivity index (χ0v) is 16.0. The molecule has 1 aromatic heterocycles. The zero-order valence-electron chi connectivity index (χ0n) is 14.4. The maximum Gasteiger partial charge on any atom is 0.226 e. The van der Waals surface area contributed by atoms with Crippen LogP contribution in [-0.2, 0) is 17.9 Å². The van der Waals surface area contributed by atoms with E-state index in [1.165, 1.54) is 0 Å².